The molecule has 0 N–H and O–H groups in total. The number of amides is 1. The van der Waals surface area contributed by atoms with Crippen LogP contribution in [0.3, 0.4) is 0 Å². The van der Waals surface area contributed by atoms with Crippen LogP contribution in [0.4, 0.5) is 0 Å². The first-order valence-corrected chi connectivity index (χ1v) is 13.0. The van der Waals surface area contributed by atoms with Crippen molar-refractivity contribution in [2.24, 2.45) is 0 Å². The predicted molar refractivity (Wildman–Crippen MR) is 130 cm³/mol. The van der Waals surface area contributed by atoms with Gasteiger partial charge in [-0.05, 0) is 57.5 Å². The van der Waals surface area contributed by atoms with E-state index in [1.54, 1.807) is 37.1 Å². The lowest BCUT2D eigenvalue weighted by Crippen LogP contribution is -2.29. The van der Waals surface area contributed by atoms with Gasteiger partial charge in [0.15, 0.2) is 9.84 Å². The molecule has 0 unspecified atom stereocenters. The maximum atomic E-state index is 13.4. The van der Waals surface area contributed by atoms with Crippen LogP contribution in [-0.2, 0) is 9.84 Å². The zero-order valence-corrected chi connectivity index (χ0v) is 21.1. The van der Waals surface area contributed by atoms with Crippen molar-refractivity contribution in [3.8, 4) is 17.0 Å². The van der Waals surface area contributed by atoms with Crippen LogP contribution in [-0.4, -0.2) is 55.8 Å². The molecule has 1 aromatic carbocycles. The van der Waals surface area contributed by atoms with E-state index in [9.17, 15) is 13.2 Å². The van der Waals surface area contributed by atoms with Crippen LogP contribution >= 0.6 is 0 Å². The third kappa shape index (κ3) is 5.22. The van der Waals surface area contributed by atoms with Gasteiger partial charge >= 0.3 is 0 Å². The number of benzene rings is 1. The number of nitrogens with zero attached hydrogens (tertiary/aromatic N) is 3. The van der Waals surface area contributed by atoms with E-state index in [0.717, 1.165) is 17.6 Å². The van der Waals surface area contributed by atoms with Gasteiger partial charge in [0.05, 0.1) is 33.8 Å². The molecule has 3 aromatic heterocycles. The highest BCUT2D eigenvalue weighted by Crippen LogP contribution is 2.31. The number of carbonyl (C=O) groups is 1. The lowest BCUT2D eigenvalue weighted by Gasteiger charge is -2.18. The predicted octanol–water partition coefficient (Wildman–Crippen LogP) is 4.35. The molecular weight excluding hydrogens is 470 g/mol. The van der Waals surface area contributed by atoms with Crippen molar-refractivity contribution in [3.63, 3.8) is 0 Å². The maximum absolute atomic E-state index is 13.4. The first kappa shape index (κ1) is 24.5. The van der Waals surface area contributed by atoms with Crippen molar-refractivity contribution in [3.05, 3.63) is 59.2 Å². The Hall–Kier alpha value is -3.66. The molecule has 0 radical (unpaired) electrons. The molecule has 0 aliphatic heterocycles. The molecule has 0 saturated heterocycles. The molecule has 4 aromatic rings. The Morgan fingerprint density at radius 2 is 1.91 bits per heavy atom. The summed E-state index contributed by atoms with van der Waals surface area (Å²) in [6.45, 7) is 6.22. The Labute approximate surface area is 203 Å². The molecule has 9 nitrogen and oxygen atoms in total. The number of carbonyl (C=O) groups excluding carboxylic acids is 1. The van der Waals surface area contributed by atoms with Gasteiger partial charge in [0.2, 0.25) is 0 Å². The van der Waals surface area contributed by atoms with Crippen molar-refractivity contribution in [1.29, 1.82) is 0 Å². The Kier molecular flexibility index (Phi) is 6.66. The summed E-state index contributed by atoms with van der Waals surface area (Å²) >= 11 is 0. The zero-order valence-electron chi connectivity index (χ0n) is 20.3. The van der Waals surface area contributed by atoms with Gasteiger partial charge in [-0.3, -0.25) is 4.79 Å². The highest BCUT2D eigenvalue weighted by molar-refractivity contribution is 7.90. The van der Waals surface area contributed by atoms with E-state index in [4.69, 9.17) is 13.7 Å². The Morgan fingerprint density at radius 3 is 2.60 bits per heavy atom. The highest BCUT2D eigenvalue weighted by Gasteiger charge is 2.23. The SMILES string of the molecule is Cc1cc(-c2cc(C(=O)N(C)CCCOc3cccc(S(C)(=O)=O)c3)c3c(C)noc3n2)c(C)o1. The van der Waals surface area contributed by atoms with Crippen molar-refractivity contribution in [1.82, 2.24) is 15.0 Å². The van der Waals surface area contributed by atoms with Gasteiger partial charge < -0.3 is 18.6 Å². The van der Waals surface area contributed by atoms with Gasteiger partial charge in [-0.25, -0.2) is 13.4 Å². The third-order valence-corrected chi connectivity index (χ3v) is 6.76. The molecule has 3 heterocycles. The maximum Gasteiger partial charge on any atom is 0.259 e. The fourth-order valence-corrected chi connectivity index (χ4v) is 4.54. The molecule has 4 rings (SSSR count). The van der Waals surface area contributed by atoms with Crippen LogP contribution in [0.2, 0.25) is 0 Å². The molecule has 0 fully saturated rings. The molecule has 0 bridgehead atoms. The van der Waals surface area contributed by atoms with E-state index in [1.807, 2.05) is 19.9 Å². The van der Waals surface area contributed by atoms with Crippen LogP contribution in [0.15, 0.2) is 50.2 Å². The Balaban J connectivity index is 1.49. The van der Waals surface area contributed by atoms with Crippen molar-refractivity contribution < 1.29 is 26.9 Å². The van der Waals surface area contributed by atoms with Gasteiger partial charge in [-0.1, -0.05) is 11.2 Å². The molecule has 0 aliphatic rings. The van der Waals surface area contributed by atoms with E-state index in [-0.39, 0.29) is 10.8 Å². The first-order chi connectivity index (χ1) is 16.5. The molecule has 0 aliphatic carbocycles. The van der Waals surface area contributed by atoms with Gasteiger partial charge in [-0.2, -0.15) is 0 Å². The van der Waals surface area contributed by atoms with Gasteiger partial charge in [0, 0.05) is 25.4 Å². The monoisotopic (exact) mass is 497 g/mol. The number of ether oxygens (including phenoxy) is 1. The molecular formula is C25H27N3O6S. The second kappa shape index (κ2) is 9.53. The highest BCUT2D eigenvalue weighted by atomic mass is 32.2. The second-order valence-electron chi connectivity index (χ2n) is 8.51. The first-order valence-electron chi connectivity index (χ1n) is 11.1. The van der Waals surface area contributed by atoms with Crippen LogP contribution in [0.1, 0.15) is 34.0 Å². The van der Waals surface area contributed by atoms with Crippen LogP contribution in [0, 0.1) is 20.8 Å². The summed E-state index contributed by atoms with van der Waals surface area (Å²) in [5, 5.41) is 4.58. The summed E-state index contributed by atoms with van der Waals surface area (Å²) in [5.41, 5.74) is 2.70. The number of aromatic nitrogens is 2. The topological polar surface area (TPSA) is 116 Å². The minimum Gasteiger partial charge on any atom is -0.493 e. The molecule has 10 heteroatoms. The molecule has 35 heavy (non-hydrogen) atoms. The molecule has 184 valence electrons. The molecule has 0 saturated carbocycles. The van der Waals surface area contributed by atoms with Crippen molar-refractivity contribution in [2.75, 3.05) is 26.5 Å². The molecule has 0 atom stereocenters. The average Bonchev–Trinajstić information content (AvgIpc) is 3.36. The van der Waals surface area contributed by atoms with Crippen molar-refractivity contribution >= 4 is 26.8 Å². The summed E-state index contributed by atoms with van der Waals surface area (Å²) in [6, 6.07) is 9.98. The quantitative estimate of drug-likeness (QED) is 0.330. The van der Waals surface area contributed by atoms with E-state index in [0.29, 0.717) is 59.1 Å². The number of hydrogen-bond acceptors (Lipinski definition) is 8. The van der Waals surface area contributed by atoms with Crippen LogP contribution < -0.4 is 4.74 Å². The Morgan fingerprint density at radius 1 is 1.14 bits per heavy atom. The van der Waals surface area contributed by atoms with Crippen molar-refractivity contribution in [2.45, 2.75) is 32.1 Å². The fourth-order valence-electron chi connectivity index (χ4n) is 3.88. The summed E-state index contributed by atoms with van der Waals surface area (Å²) in [5.74, 6) is 1.73. The standard InChI is InChI=1S/C25H27N3O6S/c1-15-12-20(17(3)33-15)22-14-21(23-16(2)27-34-24(23)26-22)25(29)28(4)10-7-11-32-18-8-6-9-19(13-18)35(5,30)31/h6,8-9,12-14H,7,10-11H2,1-5H3. The smallest absolute Gasteiger partial charge is 0.259 e. The molecule has 0 spiro atoms. The van der Waals surface area contributed by atoms with E-state index >= 15 is 0 Å². The largest absolute Gasteiger partial charge is 0.493 e. The van der Waals surface area contributed by atoms with E-state index < -0.39 is 9.84 Å². The minimum absolute atomic E-state index is 0.193. The lowest BCUT2D eigenvalue weighted by atomic mass is 10.0. The number of hydrogen-bond donors (Lipinski definition) is 0. The van der Waals surface area contributed by atoms with Gasteiger partial charge in [0.1, 0.15) is 17.3 Å². The summed E-state index contributed by atoms with van der Waals surface area (Å²) < 4.78 is 40.2. The minimum atomic E-state index is -3.31. The summed E-state index contributed by atoms with van der Waals surface area (Å²) in [7, 11) is -1.59. The number of pyridine rings is 1. The van der Waals surface area contributed by atoms with E-state index in [1.165, 1.54) is 12.1 Å². The molecule has 1 amide bonds. The van der Waals surface area contributed by atoms with Crippen LogP contribution in [0.25, 0.3) is 22.4 Å². The average molecular weight is 498 g/mol. The second-order valence-corrected chi connectivity index (χ2v) is 10.5. The zero-order chi connectivity index (χ0) is 25.3. The van der Waals surface area contributed by atoms with E-state index in [2.05, 4.69) is 10.1 Å². The number of furan rings is 1. The lowest BCUT2D eigenvalue weighted by molar-refractivity contribution is 0.0789. The van der Waals surface area contributed by atoms with Gasteiger partial charge in [0.25, 0.3) is 11.6 Å². The number of sulfone groups is 1. The van der Waals surface area contributed by atoms with Crippen LogP contribution in [0.5, 0.6) is 5.75 Å². The normalized spacial score (nSPS) is 11.7. The summed E-state index contributed by atoms with van der Waals surface area (Å²) in [4.78, 5) is 19.8. The number of fused-ring (bicyclic) bond motifs is 1. The fraction of sp³-hybridized carbons (Fsp3) is 0.320. The third-order valence-electron chi connectivity index (χ3n) is 5.65. The van der Waals surface area contributed by atoms with Gasteiger partial charge in [-0.15, -0.1) is 0 Å². The number of aryl methyl sites for hydroxylation is 3. The summed E-state index contributed by atoms with van der Waals surface area (Å²) in [6.07, 6.45) is 1.70. The Bertz CT molecular complexity index is 1500. The number of rotatable bonds is 8.